The van der Waals surface area contributed by atoms with Crippen LogP contribution < -0.4 is 4.74 Å². The Balaban J connectivity index is 1.69. The van der Waals surface area contributed by atoms with Gasteiger partial charge in [0, 0.05) is 30.9 Å². The number of aromatic nitrogens is 1. The van der Waals surface area contributed by atoms with Gasteiger partial charge in [-0.3, -0.25) is 10.1 Å². The highest BCUT2D eigenvalue weighted by atomic mass is 16.6. The van der Waals surface area contributed by atoms with Crippen LogP contribution in [0.25, 0.3) is 11.1 Å². The Morgan fingerprint density at radius 3 is 2.78 bits per heavy atom. The fraction of sp³-hybridized carbons (Fsp3) is 0.476. The first-order valence-corrected chi connectivity index (χ1v) is 9.64. The van der Waals surface area contributed by atoms with Gasteiger partial charge in [-0.05, 0) is 68.8 Å². The van der Waals surface area contributed by atoms with Gasteiger partial charge in [0.2, 0.25) is 5.88 Å². The zero-order valence-electron chi connectivity index (χ0n) is 15.9. The molecule has 6 heteroatoms. The number of likely N-dealkylation sites (tertiary alicyclic amines) is 1. The monoisotopic (exact) mass is 367 g/mol. The van der Waals surface area contributed by atoms with Gasteiger partial charge in [0.05, 0.1) is 10.5 Å². The molecule has 0 amide bonds. The van der Waals surface area contributed by atoms with E-state index in [0.29, 0.717) is 11.4 Å². The lowest BCUT2D eigenvalue weighted by Gasteiger charge is -2.29. The molecule has 1 aromatic heterocycles. The van der Waals surface area contributed by atoms with Crippen LogP contribution in [0.2, 0.25) is 0 Å². The maximum Gasteiger partial charge on any atom is 0.280 e. The molecule has 2 heterocycles. The molecule has 2 aliphatic rings. The highest BCUT2D eigenvalue weighted by Crippen LogP contribution is 2.41. The second-order valence-corrected chi connectivity index (χ2v) is 7.67. The molecule has 0 unspecified atom stereocenters. The first-order valence-electron chi connectivity index (χ1n) is 9.64. The number of nitro benzene ring substituents is 1. The van der Waals surface area contributed by atoms with Gasteiger partial charge in [0.15, 0.2) is 0 Å². The molecule has 0 spiro atoms. The molecule has 0 saturated carbocycles. The molecule has 1 aromatic carbocycles. The number of piperidine rings is 1. The predicted molar refractivity (Wildman–Crippen MR) is 104 cm³/mol. The predicted octanol–water partition coefficient (Wildman–Crippen LogP) is 3.93. The summed E-state index contributed by atoms with van der Waals surface area (Å²) in [6.45, 7) is 3.98. The molecule has 27 heavy (non-hydrogen) atoms. The summed E-state index contributed by atoms with van der Waals surface area (Å²) in [5, 5.41) is 11.9. The third kappa shape index (κ3) is 3.54. The standard InChI is InChI=1S/C21H25N3O3/c1-14-12-15-4-3-5-18(15)21(24(25)26)20(14)16-6-9-22-19(13-16)27-17-7-10-23(2)11-8-17/h6,9,12-13,17H,3-5,7-8,10-11H2,1-2H3. The first kappa shape index (κ1) is 17.9. The van der Waals surface area contributed by atoms with Crippen molar-refractivity contribution in [3.63, 3.8) is 0 Å². The molecule has 1 saturated heterocycles. The fourth-order valence-corrected chi connectivity index (χ4v) is 4.34. The molecule has 0 N–H and O–H groups in total. The number of hydrogen-bond donors (Lipinski definition) is 0. The van der Waals surface area contributed by atoms with Gasteiger partial charge in [-0.1, -0.05) is 6.07 Å². The van der Waals surface area contributed by atoms with Gasteiger partial charge in [-0.2, -0.15) is 0 Å². The highest BCUT2D eigenvalue weighted by Gasteiger charge is 2.29. The lowest BCUT2D eigenvalue weighted by molar-refractivity contribution is -0.384. The molecule has 4 rings (SSSR count). The van der Waals surface area contributed by atoms with Crippen molar-refractivity contribution in [2.75, 3.05) is 20.1 Å². The van der Waals surface area contributed by atoms with Gasteiger partial charge in [-0.15, -0.1) is 0 Å². The second kappa shape index (κ2) is 7.27. The smallest absolute Gasteiger partial charge is 0.280 e. The molecule has 0 atom stereocenters. The Morgan fingerprint density at radius 2 is 2.04 bits per heavy atom. The van der Waals surface area contributed by atoms with Crippen molar-refractivity contribution in [3.8, 4) is 17.0 Å². The van der Waals surface area contributed by atoms with Crippen LogP contribution in [0.5, 0.6) is 5.88 Å². The van der Waals surface area contributed by atoms with E-state index in [1.807, 2.05) is 19.1 Å². The van der Waals surface area contributed by atoms with Crippen LogP contribution in [0, 0.1) is 17.0 Å². The van der Waals surface area contributed by atoms with Gasteiger partial charge in [0.1, 0.15) is 6.10 Å². The lowest BCUT2D eigenvalue weighted by Crippen LogP contribution is -2.35. The quantitative estimate of drug-likeness (QED) is 0.605. The van der Waals surface area contributed by atoms with E-state index in [9.17, 15) is 10.1 Å². The Labute approximate surface area is 159 Å². The third-order valence-electron chi connectivity index (χ3n) is 5.73. The number of pyridine rings is 1. The van der Waals surface area contributed by atoms with Crippen LogP contribution in [-0.2, 0) is 12.8 Å². The molecule has 1 aliphatic heterocycles. The van der Waals surface area contributed by atoms with Crippen molar-refractivity contribution >= 4 is 5.69 Å². The van der Waals surface area contributed by atoms with E-state index in [2.05, 4.69) is 23.0 Å². The number of benzene rings is 1. The zero-order chi connectivity index (χ0) is 19.0. The maximum atomic E-state index is 11.9. The van der Waals surface area contributed by atoms with Crippen LogP contribution in [-0.4, -0.2) is 41.0 Å². The average Bonchev–Trinajstić information content (AvgIpc) is 3.10. The molecule has 1 fully saturated rings. The minimum Gasteiger partial charge on any atom is -0.474 e. The summed E-state index contributed by atoms with van der Waals surface area (Å²) in [7, 11) is 2.12. The van der Waals surface area contributed by atoms with Crippen LogP contribution in [0.1, 0.15) is 36.0 Å². The summed E-state index contributed by atoms with van der Waals surface area (Å²) in [4.78, 5) is 18.3. The topological polar surface area (TPSA) is 68.5 Å². The molecule has 2 aromatic rings. The van der Waals surface area contributed by atoms with Crippen molar-refractivity contribution in [1.29, 1.82) is 0 Å². The largest absolute Gasteiger partial charge is 0.474 e. The summed E-state index contributed by atoms with van der Waals surface area (Å²) < 4.78 is 6.09. The number of ether oxygens (including phenoxy) is 1. The Bertz CT molecular complexity index is 873. The van der Waals surface area contributed by atoms with Gasteiger partial charge in [0.25, 0.3) is 5.69 Å². The van der Waals surface area contributed by atoms with Crippen molar-refractivity contribution < 1.29 is 9.66 Å². The van der Waals surface area contributed by atoms with Crippen molar-refractivity contribution in [1.82, 2.24) is 9.88 Å². The summed E-state index contributed by atoms with van der Waals surface area (Å²) in [5.74, 6) is 0.552. The van der Waals surface area contributed by atoms with Crippen molar-refractivity contribution in [2.24, 2.45) is 0 Å². The summed E-state index contributed by atoms with van der Waals surface area (Å²) in [6, 6.07) is 5.82. The van der Waals surface area contributed by atoms with Crippen LogP contribution >= 0.6 is 0 Å². The van der Waals surface area contributed by atoms with E-state index in [0.717, 1.165) is 67.4 Å². The van der Waals surface area contributed by atoms with E-state index < -0.39 is 0 Å². The summed E-state index contributed by atoms with van der Waals surface area (Å²) in [6.07, 6.45) is 6.48. The molecule has 142 valence electrons. The van der Waals surface area contributed by atoms with Crippen LogP contribution in [0.4, 0.5) is 5.69 Å². The van der Waals surface area contributed by atoms with E-state index >= 15 is 0 Å². The normalized spacial score (nSPS) is 17.7. The minimum atomic E-state index is -0.218. The molecule has 6 nitrogen and oxygen atoms in total. The molecule has 0 bridgehead atoms. The number of nitrogens with zero attached hydrogens (tertiary/aromatic N) is 3. The third-order valence-corrected chi connectivity index (χ3v) is 5.73. The van der Waals surface area contributed by atoms with Gasteiger partial charge < -0.3 is 9.64 Å². The summed E-state index contributed by atoms with van der Waals surface area (Å²) in [5.41, 5.74) is 4.75. The molecular formula is C21H25N3O3. The molecule has 0 radical (unpaired) electrons. The number of hydrogen-bond acceptors (Lipinski definition) is 5. The van der Waals surface area contributed by atoms with Crippen LogP contribution in [0.15, 0.2) is 24.4 Å². The average molecular weight is 367 g/mol. The lowest BCUT2D eigenvalue weighted by atomic mass is 9.93. The fourth-order valence-electron chi connectivity index (χ4n) is 4.34. The number of aryl methyl sites for hydroxylation is 2. The van der Waals surface area contributed by atoms with Crippen molar-refractivity contribution in [2.45, 2.75) is 45.1 Å². The Morgan fingerprint density at radius 1 is 1.26 bits per heavy atom. The molecular weight excluding hydrogens is 342 g/mol. The second-order valence-electron chi connectivity index (χ2n) is 7.67. The maximum absolute atomic E-state index is 11.9. The summed E-state index contributed by atoms with van der Waals surface area (Å²) >= 11 is 0. The molecule has 1 aliphatic carbocycles. The van der Waals surface area contributed by atoms with Crippen molar-refractivity contribution in [3.05, 3.63) is 51.2 Å². The number of fused-ring (bicyclic) bond motifs is 1. The number of rotatable bonds is 4. The number of nitro groups is 1. The van der Waals surface area contributed by atoms with E-state index in [1.54, 1.807) is 6.20 Å². The minimum absolute atomic E-state index is 0.153. The van der Waals surface area contributed by atoms with Crippen LogP contribution in [0.3, 0.4) is 0 Å². The van der Waals surface area contributed by atoms with E-state index in [4.69, 9.17) is 4.74 Å². The zero-order valence-corrected chi connectivity index (χ0v) is 15.9. The van der Waals surface area contributed by atoms with Gasteiger partial charge >= 0.3 is 0 Å². The van der Waals surface area contributed by atoms with E-state index in [1.165, 1.54) is 0 Å². The first-order chi connectivity index (χ1) is 13.0. The van der Waals surface area contributed by atoms with Gasteiger partial charge in [-0.25, -0.2) is 4.98 Å². The Hall–Kier alpha value is -2.47. The highest BCUT2D eigenvalue weighted by molar-refractivity contribution is 5.80. The van der Waals surface area contributed by atoms with E-state index in [-0.39, 0.29) is 16.7 Å². The SMILES string of the molecule is Cc1cc2c(c([N+](=O)[O-])c1-c1ccnc(OC3CCN(C)CC3)c1)CCC2. The Kier molecular flexibility index (Phi) is 4.83.